The van der Waals surface area contributed by atoms with E-state index in [9.17, 15) is 9.18 Å². The van der Waals surface area contributed by atoms with Gasteiger partial charge in [-0.2, -0.15) is 0 Å². The molecule has 2 aromatic rings. The Morgan fingerprint density at radius 1 is 1.28 bits per heavy atom. The Morgan fingerprint density at radius 3 is 2.92 bits per heavy atom. The Balaban J connectivity index is 1.90. The number of hydrogen-bond acceptors (Lipinski definition) is 3. The smallest absolute Gasteiger partial charge is 0.255 e. The van der Waals surface area contributed by atoms with Gasteiger partial charge >= 0.3 is 0 Å². The van der Waals surface area contributed by atoms with Crippen LogP contribution >= 0.6 is 11.6 Å². The summed E-state index contributed by atoms with van der Waals surface area (Å²) in [7, 11) is 0. The van der Waals surface area contributed by atoms with Crippen LogP contribution in [0.4, 0.5) is 4.39 Å². The molecule has 3 rings (SSSR count). The van der Waals surface area contributed by atoms with E-state index in [4.69, 9.17) is 11.6 Å². The average molecular weight is 362 g/mol. The van der Waals surface area contributed by atoms with Crippen LogP contribution < -0.4 is 5.32 Å². The summed E-state index contributed by atoms with van der Waals surface area (Å²) in [6.45, 7) is 2.24. The van der Waals surface area contributed by atoms with Crippen molar-refractivity contribution in [2.75, 3.05) is 13.1 Å². The molecule has 1 unspecified atom stereocenters. The molecule has 0 saturated carbocycles. The maximum absolute atomic E-state index is 13.3. The summed E-state index contributed by atoms with van der Waals surface area (Å²) in [6.07, 6.45) is 4.52. The topological polar surface area (TPSA) is 45.2 Å². The first-order chi connectivity index (χ1) is 12.1. The molecule has 1 aromatic carbocycles. The number of nitrogens with zero attached hydrogens (tertiary/aromatic N) is 2. The minimum atomic E-state index is -0.448. The fourth-order valence-corrected chi connectivity index (χ4v) is 3.41. The van der Waals surface area contributed by atoms with E-state index in [1.807, 2.05) is 23.1 Å². The molecule has 2 heterocycles. The van der Waals surface area contributed by atoms with Crippen LogP contribution in [0.15, 0.2) is 42.6 Å². The molecule has 132 valence electrons. The van der Waals surface area contributed by atoms with E-state index in [1.54, 1.807) is 6.20 Å². The number of carbonyl (C=O) groups is 1. The molecule has 25 heavy (non-hydrogen) atoms. The van der Waals surface area contributed by atoms with Gasteiger partial charge in [-0.3, -0.25) is 9.78 Å². The number of hydrogen-bond donors (Lipinski definition) is 1. The minimum absolute atomic E-state index is 0.102. The van der Waals surface area contributed by atoms with Crippen molar-refractivity contribution in [1.82, 2.24) is 15.2 Å². The molecule has 0 aliphatic carbocycles. The predicted octanol–water partition coefficient (Wildman–Crippen LogP) is 3.66. The van der Waals surface area contributed by atoms with Crippen LogP contribution in [0.1, 0.15) is 35.3 Å². The zero-order valence-electron chi connectivity index (χ0n) is 13.9. The van der Waals surface area contributed by atoms with E-state index in [0.717, 1.165) is 38.0 Å². The number of rotatable bonds is 4. The Labute approximate surface area is 152 Å². The molecule has 0 bridgehead atoms. The number of nitrogens with one attached hydrogen (secondary N) is 1. The van der Waals surface area contributed by atoms with Crippen LogP contribution in [0.25, 0.3) is 0 Å². The number of carbonyl (C=O) groups excluding carboxylic acids is 1. The second-order valence-electron chi connectivity index (χ2n) is 6.21. The van der Waals surface area contributed by atoms with Gasteiger partial charge in [0.25, 0.3) is 5.91 Å². The lowest BCUT2D eigenvalue weighted by molar-refractivity contribution is 0.0642. The van der Waals surface area contributed by atoms with Gasteiger partial charge in [0.05, 0.1) is 22.8 Å². The molecule has 1 aromatic heterocycles. The molecule has 0 radical (unpaired) electrons. The van der Waals surface area contributed by atoms with Crippen LogP contribution in [0.5, 0.6) is 0 Å². The van der Waals surface area contributed by atoms with Crippen LogP contribution in [0.2, 0.25) is 5.02 Å². The Morgan fingerprint density at radius 2 is 2.16 bits per heavy atom. The summed E-state index contributed by atoms with van der Waals surface area (Å²) in [4.78, 5) is 19.3. The molecule has 4 nitrogen and oxygen atoms in total. The van der Waals surface area contributed by atoms with Crippen molar-refractivity contribution in [3.63, 3.8) is 0 Å². The summed E-state index contributed by atoms with van der Waals surface area (Å²) in [6, 6.07) is 9.68. The molecule has 1 N–H and O–H groups in total. The molecule has 1 atom stereocenters. The SMILES string of the molecule is O=C(c1ccc(F)cc1Cl)N(Cc1ccccn1)C1CCCNCC1. The lowest BCUT2D eigenvalue weighted by Gasteiger charge is -2.31. The normalized spacial score (nSPS) is 17.8. The van der Waals surface area contributed by atoms with E-state index >= 15 is 0 Å². The van der Waals surface area contributed by atoms with E-state index < -0.39 is 5.82 Å². The lowest BCUT2D eigenvalue weighted by Crippen LogP contribution is -2.40. The molecule has 1 fully saturated rings. The summed E-state index contributed by atoms with van der Waals surface area (Å²) >= 11 is 6.13. The Bertz CT molecular complexity index is 718. The van der Waals surface area contributed by atoms with Gasteiger partial charge in [-0.05, 0) is 62.7 Å². The second kappa shape index (κ2) is 8.41. The molecule has 0 spiro atoms. The van der Waals surface area contributed by atoms with E-state index in [1.165, 1.54) is 18.2 Å². The molecule has 1 amide bonds. The average Bonchev–Trinajstić information content (AvgIpc) is 2.89. The summed E-state index contributed by atoms with van der Waals surface area (Å²) in [5.41, 5.74) is 1.16. The van der Waals surface area contributed by atoms with E-state index in [0.29, 0.717) is 12.1 Å². The van der Waals surface area contributed by atoms with Crippen molar-refractivity contribution in [3.05, 3.63) is 64.7 Å². The highest BCUT2D eigenvalue weighted by molar-refractivity contribution is 6.33. The number of halogens is 2. The first-order valence-electron chi connectivity index (χ1n) is 8.52. The van der Waals surface area contributed by atoms with Gasteiger partial charge in [0.15, 0.2) is 0 Å². The van der Waals surface area contributed by atoms with Crippen molar-refractivity contribution >= 4 is 17.5 Å². The van der Waals surface area contributed by atoms with Crippen molar-refractivity contribution < 1.29 is 9.18 Å². The Kier molecular flexibility index (Phi) is 6.00. The standard InChI is InChI=1S/C19H21ClFN3O/c20-18-12-14(21)6-7-17(18)19(25)24(13-15-4-1-2-10-23-15)16-5-3-9-22-11-8-16/h1-2,4,6-7,10,12,16,22H,3,5,8-9,11,13H2. The van der Waals surface area contributed by atoms with Gasteiger partial charge in [0.1, 0.15) is 5.82 Å². The molecule has 1 aliphatic rings. The van der Waals surface area contributed by atoms with Gasteiger partial charge in [-0.25, -0.2) is 4.39 Å². The largest absolute Gasteiger partial charge is 0.330 e. The fraction of sp³-hybridized carbons (Fsp3) is 0.368. The van der Waals surface area contributed by atoms with Gasteiger partial charge in [0.2, 0.25) is 0 Å². The summed E-state index contributed by atoms with van der Waals surface area (Å²) < 4.78 is 13.3. The van der Waals surface area contributed by atoms with Crippen LogP contribution in [0.3, 0.4) is 0 Å². The highest BCUT2D eigenvalue weighted by Crippen LogP contribution is 2.24. The number of benzene rings is 1. The molecular weight excluding hydrogens is 341 g/mol. The highest BCUT2D eigenvalue weighted by atomic mass is 35.5. The quantitative estimate of drug-likeness (QED) is 0.904. The minimum Gasteiger partial charge on any atom is -0.330 e. The monoisotopic (exact) mass is 361 g/mol. The predicted molar refractivity (Wildman–Crippen MR) is 96.0 cm³/mol. The van der Waals surface area contributed by atoms with Crippen molar-refractivity contribution in [3.8, 4) is 0 Å². The molecule has 1 saturated heterocycles. The molecule has 1 aliphatic heterocycles. The highest BCUT2D eigenvalue weighted by Gasteiger charge is 2.27. The van der Waals surface area contributed by atoms with Crippen molar-refractivity contribution in [1.29, 1.82) is 0 Å². The zero-order valence-corrected chi connectivity index (χ0v) is 14.7. The van der Waals surface area contributed by atoms with Gasteiger partial charge in [-0.15, -0.1) is 0 Å². The van der Waals surface area contributed by atoms with Crippen molar-refractivity contribution in [2.45, 2.75) is 31.8 Å². The second-order valence-corrected chi connectivity index (χ2v) is 6.62. The van der Waals surface area contributed by atoms with E-state index in [2.05, 4.69) is 10.3 Å². The molecule has 6 heteroatoms. The van der Waals surface area contributed by atoms with Crippen molar-refractivity contribution in [2.24, 2.45) is 0 Å². The molecular formula is C19H21ClFN3O. The van der Waals surface area contributed by atoms with Gasteiger partial charge < -0.3 is 10.2 Å². The Hall–Kier alpha value is -1.98. The van der Waals surface area contributed by atoms with Crippen LogP contribution in [-0.2, 0) is 6.54 Å². The fourth-order valence-electron chi connectivity index (χ4n) is 3.16. The third-order valence-electron chi connectivity index (χ3n) is 4.47. The van der Waals surface area contributed by atoms with E-state index in [-0.39, 0.29) is 17.0 Å². The first-order valence-corrected chi connectivity index (χ1v) is 8.89. The van der Waals surface area contributed by atoms with Crippen LogP contribution in [-0.4, -0.2) is 34.9 Å². The lowest BCUT2D eigenvalue weighted by atomic mass is 10.0. The summed E-state index contributed by atoms with van der Waals surface area (Å²) in [5, 5.41) is 3.51. The first kappa shape index (κ1) is 17.8. The van der Waals surface area contributed by atoms with Gasteiger partial charge in [0, 0.05) is 12.2 Å². The third kappa shape index (κ3) is 4.55. The zero-order chi connectivity index (χ0) is 17.6. The number of amides is 1. The number of pyridine rings is 1. The van der Waals surface area contributed by atoms with Gasteiger partial charge in [-0.1, -0.05) is 17.7 Å². The number of aromatic nitrogens is 1. The summed E-state index contributed by atoms with van der Waals surface area (Å²) in [5.74, 6) is -0.626. The maximum Gasteiger partial charge on any atom is 0.255 e. The third-order valence-corrected chi connectivity index (χ3v) is 4.78. The van der Waals surface area contributed by atoms with Crippen LogP contribution in [0, 0.1) is 5.82 Å². The maximum atomic E-state index is 13.3.